The van der Waals surface area contributed by atoms with Crippen molar-refractivity contribution >= 4 is 11.9 Å². The quantitative estimate of drug-likeness (QED) is 0.837. The molecule has 6 nitrogen and oxygen atoms in total. The number of likely N-dealkylation sites (N-methyl/N-ethyl adjacent to an activating group) is 1. The zero-order valence-corrected chi connectivity index (χ0v) is 13.2. The van der Waals surface area contributed by atoms with Crippen molar-refractivity contribution in [3.8, 4) is 0 Å². The molecule has 2 heterocycles. The molecule has 0 spiro atoms. The Balaban J connectivity index is 1.99. The highest BCUT2D eigenvalue weighted by Crippen LogP contribution is 2.21. The van der Waals surface area contributed by atoms with Crippen molar-refractivity contribution in [2.24, 2.45) is 0 Å². The second-order valence-corrected chi connectivity index (χ2v) is 6.40. The molecule has 0 aromatic carbocycles. The average molecular weight is 292 g/mol. The number of hydrogen-bond acceptors (Lipinski definition) is 5. The number of hydrogen-bond donors (Lipinski definition) is 0. The largest absolute Gasteiger partial charge is 0.444 e. The fraction of sp³-hybridized carbons (Fsp3) is 0.667. The first-order chi connectivity index (χ1) is 9.87. The molecular formula is C15H24N4O2. The minimum atomic E-state index is -0.468. The van der Waals surface area contributed by atoms with E-state index in [1.165, 1.54) is 0 Å². The van der Waals surface area contributed by atoms with Crippen LogP contribution in [0.15, 0.2) is 18.6 Å². The first kappa shape index (κ1) is 15.5. The van der Waals surface area contributed by atoms with Crippen molar-refractivity contribution in [1.82, 2.24) is 14.9 Å². The monoisotopic (exact) mass is 292 g/mol. The van der Waals surface area contributed by atoms with E-state index in [2.05, 4.69) is 14.9 Å². The van der Waals surface area contributed by atoms with E-state index < -0.39 is 5.60 Å². The van der Waals surface area contributed by atoms with Gasteiger partial charge < -0.3 is 14.5 Å². The molecule has 0 N–H and O–H groups in total. The van der Waals surface area contributed by atoms with Crippen LogP contribution in [0.4, 0.5) is 10.6 Å². The van der Waals surface area contributed by atoms with Gasteiger partial charge in [0.25, 0.3) is 0 Å². The fourth-order valence-electron chi connectivity index (χ4n) is 2.42. The van der Waals surface area contributed by atoms with Gasteiger partial charge in [0, 0.05) is 32.5 Å². The smallest absolute Gasteiger partial charge is 0.410 e. The minimum absolute atomic E-state index is 0.135. The van der Waals surface area contributed by atoms with Gasteiger partial charge in [-0.05, 0) is 33.6 Å². The standard InChI is InChI=1S/C15H24N4O2/c1-15(2,3)21-14(20)18(4)12-6-5-9-19(11-12)13-10-16-7-8-17-13/h7-8,10,12H,5-6,9,11H2,1-4H3/t12-/m1/s1. The third-order valence-electron chi connectivity index (χ3n) is 3.50. The molecule has 116 valence electrons. The summed E-state index contributed by atoms with van der Waals surface area (Å²) in [5.74, 6) is 0.861. The second kappa shape index (κ2) is 6.28. The Kier molecular flexibility index (Phi) is 4.65. The summed E-state index contributed by atoms with van der Waals surface area (Å²) < 4.78 is 5.43. The number of aromatic nitrogens is 2. The van der Waals surface area contributed by atoms with Crippen LogP contribution in [0.2, 0.25) is 0 Å². The summed E-state index contributed by atoms with van der Waals surface area (Å²) in [6.07, 6.45) is 6.85. The van der Waals surface area contributed by atoms with Gasteiger partial charge in [0.15, 0.2) is 0 Å². The van der Waals surface area contributed by atoms with Gasteiger partial charge >= 0.3 is 6.09 Å². The number of piperidine rings is 1. The maximum Gasteiger partial charge on any atom is 0.410 e. The van der Waals surface area contributed by atoms with Gasteiger partial charge in [0.2, 0.25) is 0 Å². The number of carbonyl (C=O) groups excluding carboxylic acids is 1. The molecule has 6 heteroatoms. The van der Waals surface area contributed by atoms with Crippen molar-refractivity contribution in [1.29, 1.82) is 0 Å². The van der Waals surface area contributed by atoms with Crippen molar-refractivity contribution in [3.05, 3.63) is 18.6 Å². The predicted octanol–water partition coefficient (Wildman–Crippen LogP) is 2.31. The molecule has 1 amide bonds. The molecule has 2 rings (SSSR count). The highest BCUT2D eigenvalue weighted by atomic mass is 16.6. The van der Waals surface area contributed by atoms with Crippen LogP contribution in [-0.2, 0) is 4.74 Å². The van der Waals surface area contributed by atoms with E-state index in [4.69, 9.17) is 4.74 Å². The van der Waals surface area contributed by atoms with E-state index in [-0.39, 0.29) is 12.1 Å². The molecule has 1 atom stereocenters. The molecule has 1 aromatic rings. The average Bonchev–Trinajstić information content (AvgIpc) is 2.46. The van der Waals surface area contributed by atoms with Gasteiger partial charge in [-0.2, -0.15) is 0 Å². The zero-order valence-electron chi connectivity index (χ0n) is 13.2. The van der Waals surface area contributed by atoms with Crippen LogP contribution in [0.25, 0.3) is 0 Å². The van der Waals surface area contributed by atoms with E-state index in [1.54, 1.807) is 30.5 Å². The maximum absolute atomic E-state index is 12.2. The molecule has 0 saturated carbocycles. The van der Waals surface area contributed by atoms with Crippen LogP contribution in [-0.4, -0.2) is 52.7 Å². The Morgan fingerprint density at radius 1 is 1.43 bits per heavy atom. The van der Waals surface area contributed by atoms with Crippen LogP contribution in [0.1, 0.15) is 33.6 Å². The van der Waals surface area contributed by atoms with Gasteiger partial charge in [-0.3, -0.25) is 4.98 Å². The van der Waals surface area contributed by atoms with Gasteiger partial charge in [-0.1, -0.05) is 0 Å². The van der Waals surface area contributed by atoms with Gasteiger partial charge in [0.05, 0.1) is 12.2 Å². The lowest BCUT2D eigenvalue weighted by molar-refractivity contribution is 0.0209. The summed E-state index contributed by atoms with van der Waals surface area (Å²) in [5, 5.41) is 0. The molecule has 1 aliphatic heterocycles. The van der Waals surface area contributed by atoms with E-state index >= 15 is 0 Å². The normalized spacial score (nSPS) is 19.2. The first-order valence-corrected chi connectivity index (χ1v) is 7.33. The maximum atomic E-state index is 12.2. The SMILES string of the molecule is CN(C(=O)OC(C)(C)C)[C@@H]1CCCN(c2cnccn2)C1. The van der Waals surface area contributed by atoms with Crippen molar-refractivity contribution < 1.29 is 9.53 Å². The number of nitrogens with zero attached hydrogens (tertiary/aromatic N) is 4. The molecule has 1 saturated heterocycles. The van der Waals surface area contributed by atoms with E-state index in [9.17, 15) is 4.79 Å². The van der Waals surface area contributed by atoms with Gasteiger partial charge in [-0.15, -0.1) is 0 Å². The highest BCUT2D eigenvalue weighted by Gasteiger charge is 2.29. The lowest BCUT2D eigenvalue weighted by atomic mass is 10.0. The van der Waals surface area contributed by atoms with Crippen LogP contribution < -0.4 is 4.90 Å². The predicted molar refractivity (Wildman–Crippen MR) is 81.3 cm³/mol. The van der Waals surface area contributed by atoms with E-state index in [0.717, 1.165) is 31.7 Å². The molecule has 0 unspecified atom stereocenters. The highest BCUT2D eigenvalue weighted by molar-refractivity contribution is 5.68. The molecule has 0 aliphatic carbocycles. The minimum Gasteiger partial charge on any atom is -0.444 e. The third-order valence-corrected chi connectivity index (χ3v) is 3.50. The number of amides is 1. The topological polar surface area (TPSA) is 58.6 Å². The fourth-order valence-corrected chi connectivity index (χ4v) is 2.42. The molecule has 0 bridgehead atoms. The number of ether oxygens (including phenoxy) is 1. The van der Waals surface area contributed by atoms with Crippen LogP contribution in [0.3, 0.4) is 0 Å². The molecule has 21 heavy (non-hydrogen) atoms. The summed E-state index contributed by atoms with van der Waals surface area (Å²) >= 11 is 0. The third kappa shape index (κ3) is 4.31. The summed E-state index contributed by atoms with van der Waals surface area (Å²) in [4.78, 5) is 24.5. The van der Waals surface area contributed by atoms with Crippen molar-refractivity contribution in [2.45, 2.75) is 45.3 Å². The number of anilines is 1. The van der Waals surface area contributed by atoms with Crippen LogP contribution in [0, 0.1) is 0 Å². The Labute approximate surface area is 126 Å². The van der Waals surface area contributed by atoms with Crippen molar-refractivity contribution in [2.75, 3.05) is 25.0 Å². The van der Waals surface area contributed by atoms with Gasteiger partial charge in [-0.25, -0.2) is 9.78 Å². The molecule has 0 radical (unpaired) electrons. The Morgan fingerprint density at radius 2 is 2.19 bits per heavy atom. The van der Waals surface area contributed by atoms with Gasteiger partial charge in [0.1, 0.15) is 11.4 Å². The second-order valence-electron chi connectivity index (χ2n) is 6.40. The summed E-state index contributed by atoms with van der Waals surface area (Å²) in [6.45, 7) is 7.34. The number of carbonyl (C=O) groups is 1. The Hall–Kier alpha value is -1.85. The Bertz CT molecular complexity index is 472. The lowest BCUT2D eigenvalue weighted by Gasteiger charge is -2.38. The summed E-state index contributed by atoms with van der Waals surface area (Å²) in [7, 11) is 1.80. The summed E-state index contributed by atoms with van der Waals surface area (Å²) in [6, 6.07) is 0.135. The van der Waals surface area contributed by atoms with E-state index in [1.807, 2.05) is 20.8 Å². The molecular weight excluding hydrogens is 268 g/mol. The van der Waals surface area contributed by atoms with Crippen LogP contribution >= 0.6 is 0 Å². The molecule has 1 aromatic heterocycles. The molecule has 1 fully saturated rings. The molecule has 1 aliphatic rings. The van der Waals surface area contributed by atoms with E-state index in [0.29, 0.717) is 0 Å². The van der Waals surface area contributed by atoms with Crippen molar-refractivity contribution in [3.63, 3.8) is 0 Å². The Morgan fingerprint density at radius 3 is 2.81 bits per heavy atom. The number of rotatable bonds is 2. The summed E-state index contributed by atoms with van der Waals surface area (Å²) in [5.41, 5.74) is -0.468. The zero-order chi connectivity index (χ0) is 15.5. The first-order valence-electron chi connectivity index (χ1n) is 7.33. The lowest BCUT2D eigenvalue weighted by Crippen LogP contribution is -2.50. The van der Waals surface area contributed by atoms with Crippen LogP contribution in [0.5, 0.6) is 0 Å².